The van der Waals surface area contributed by atoms with Crippen molar-refractivity contribution in [3.8, 4) is 16.9 Å². The molecule has 2 aromatic carbocycles. The summed E-state index contributed by atoms with van der Waals surface area (Å²) in [5.41, 5.74) is 2.83. The molecule has 0 aliphatic heterocycles. The second kappa shape index (κ2) is 8.08. The molecular weight excluding hydrogens is 400 g/mol. The Morgan fingerprint density at radius 3 is 2.43 bits per heavy atom. The Morgan fingerprint density at radius 2 is 1.80 bits per heavy atom. The van der Waals surface area contributed by atoms with Crippen LogP contribution < -0.4 is 5.69 Å². The van der Waals surface area contributed by atoms with Crippen molar-refractivity contribution in [2.75, 3.05) is 6.61 Å². The van der Waals surface area contributed by atoms with E-state index in [9.17, 15) is 9.59 Å². The molecule has 8 heteroatoms. The molecule has 0 aliphatic rings. The molecule has 152 valence electrons. The van der Waals surface area contributed by atoms with E-state index in [0.29, 0.717) is 11.4 Å². The van der Waals surface area contributed by atoms with Crippen molar-refractivity contribution in [3.63, 3.8) is 0 Å². The van der Waals surface area contributed by atoms with E-state index in [-0.39, 0.29) is 22.6 Å². The number of hydrogen-bond acceptors (Lipinski definition) is 5. The van der Waals surface area contributed by atoms with Gasteiger partial charge in [-0.1, -0.05) is 49.4 Å². The first-order chi connectivity index (χ1) is 14.5. The first kappa shape index (κ1) is 19.8. The van der Waals surface area contributed by atoms with Gasteiger partial charge in [-0.3, -0.25) is 4.98 Å². The van der Waals surface area contributed by atoms with Gasteiger partial charge in [-0.2, -0.15) is 9.61 Å². The number of H-pyrrole nitrogens is 1. The number of nitrogens with zero attached hydrogens (tertiary/aromatic N) is 3. The van der Waals surface area contributed by atoms with Crippen LogP contribution >= 0.6 is 12.2 Å². The summed E-state index contributed by atoms with van der Waals surface area (Å²) in [5, 5.41) is 4.57. The molecule has 4 aromatic rings. The minimum Gasteiger partial charge on any atom is -0.462 e. The number of nitrogens with one attached hydrogen (secondary N) is 1. The smallest absolute Gasteiger partial charge is 0.344 e. The molecule has 0 saturated heterocycles. The molecule has 0 radical (unpaired) electrons. The Kier molecular flexibility index (Phi) is 5.33. The first-order valence-corrected chi connectivity index (χ1v) is 10.1. The molecule has 7 nitrogen and oxygen atoms in total. The van der Waals surface area contributed by atoms with Crippen LogP contribution in [0, 0.1) is 4.77 Å². The maximum Gasteiger partial charge on any atom is 0.344 e. The van der Waals surface area contributed by atoms with E-state index >= 15 is 0 Å². The zero-order valence-electron chi connectivity index (χ0n) is 16.6. The predicted molar refractivity (Wildman–Crippen MR) is 117 cm³/mol. The quantitative estimate of drug-likeness (QED) is 0.391. The molecule has 0 amide bonds. The van der Waals surface area contributed by atoms with Crippen LogP contribution in [0.4, 0.5) is 0 Å². The number of carbonyl (C=O) groups is 1. The van der Waals surface area contributed by atoms with Crippen LogP contribution in [0.3, 0.4) is 0 Å². The van der Waals surface area contributed by atoms with Gasteiger partial charge in [0.15, 0.2) is 5.65 Å². The van der Waals surface area contributed by atoms with E-state index < -0.39 is 11.7 Å². The van der Waals surface area contributed by atoms with Crippen LogP contribution in [0.1, 0.15) is 29.8 Å². The molecule has 4 rings (SSSR count). The lowest BCUT2D eigenvalue weighted by Gasteiger charge is -2.08. The number of aromatic amines is 1. The van der Waals surface area contributed by atoms with Crippen LogP contribution in [-0.4, -0.2) is 31.7 Å². The van der Waals surface area contributed by atoms with Gasteiger partial charge in [-0.05, 0) is 43.3 Å². The van der Waals surface area contributed by atoms with Gasteiger partial charge in [0.05, 0.1) is 12.3 Å². The molecule has 30 heavy (non-hydrogen) atoms. The largest absolute Gasteiger partial charge is 0.462 e. The van der Waals surface area contributed by atoms with Crippen LogP contribution in [-0.2, 0) is 11.2 Å². The molecule has 0 fully saturated rings. The molecule has 2 aromatic heterocycles. The van der Waals surface area contributed by atoms with Crippen LogP contribution in [0.25, 0.3) is 22.6 Å². The lowest BCUT2D eigenvalue weighted by atomic mass is 10.1. The summed E-state index contributed by atoms with van der Waals surface area (Å²) < 4.78 is 8.14. The summed E-state index contributed by atoms with van der Waals surface area (Å²) >= 11 is 5.59. The fourth-order valence-corrected chi connectivity index (χ4v) is 3.63. The summed E-state index contributed by atoms with van der Waals surface area (Å²) in [7, 11) is 0. The van der Waals surface area contributed by atoms with Gasteiger partial charge < -0.3 is 4.74 Å². The number of ether oxygens (including phenoxy) is 1. The molecule has 0 aliphatic carbocycles. The van der Waals surface area contributed by atoms with Gasteiger partial charge in [0, 0.05) is 5.56 Å². The van der Waals surface area contributed by atoms with Crippen LogP contribution in [0.5, 0.6) is 0 Å². The third kappa shape index (κ3) is 3.35. The minimum absolute atomic E-state index is 0.158. The van der Waals surface area contributed by atoms with E-state index in [2.05, 4.69) is 17.0 Å². The van der Waals surface area contributed by atoms with E-state index in [4.69, 9.17) is 17.0 Å². The first-order valence-electron chi connectivity index (χ1n) is 9.65. The zero-order chi connectivity index (χ0) is 21.3. The maximum atomic E-state index is 12.9. The lowest BCUT2D eigenvalue weighted by molar-refractivity contribution is 0.0529. The average molecular weight is 420 g/mol. The zero-order valence-corrected chi connectivity index (χ0v) is 17.4. The Morgan fingerprint density at radius 1 is 1.10 bits per heavy atom. The standard InChI is InChI=1S/C22H20N4O3S/c1-3-14-10-12-16(13-11-14)25-21(28)23-19-17(20(27)29-4-2)18(24-26(19)22(25)30)15-8-6-5-7-9-15/h5-13H,3-4H2,1-2H3,(H,23,28). The second-order valence-corrected chi connectivity index (χ2v) is 7.00. The van der Waals surface area contributed by atoms with Crippen molar-refractivity contribution in [2.45, 2.75) is 20.3 Å². The lowest BCUT2D eigenvalue weighted by Crippen LogP contribution is -2.25. The van der Waals surface area contributed by atoms with Gasteiger partial charge in [-0.25, -0.2) is 14.2 Å². The van der Waals surface area contributed by atoms with Crippen molar-refractivity contribution in [3.05, 3.63) is 81.0 Å². The fraction of sp³-hybridized carbons (Fsp3) is 0.182. The number of benzene rings is 2. The number of hydrogen-bond donors (Lipinski definition) is 1. The predicted octanol–water partition coefficient (Wildman–Crippen LogP) is 3.95. The van der Waals surface area contributed by atoms with Crippen molar-refractivity contribution in [1.82, 2.24) is 19.2 Å². The van der Waals surface area contributed by atoms with E-state index in [1.165, 1.54) is 9.08 Å². The third-order valence-electron chi connectivity index (χ3n) is 4.82. The summed E-state index contributed by atoms with van der Waals surface area (Å²) in [4.78, 5) is 28.4. The molecule has 1 N–H and O–H groups in total. The van der Waals surface area contributed by atoms with Crippen LogP contribution in [0.2, 0.25) is 0 Å². The topological polar surface area (TPSA) is 81.4 Å². The summed E-state index contributed by atoms with van der Waals surface area (Å²) in [6.45, 7) is 3.98. The number of rotatable bonds is 5. The maximum absolute atomic E-state index is 12.9. The summed E-state index contributed by atoms with van der Waals surface area (Å²) in [5.74, 6) is -0.568. The third-order valence-corrected chi connectivity index (χ3v) is 5.17. The normalized spacial score (nSPS) is 11.0. The van der Waals surface area contributed by atoms with E-state index in [1.54, 1.807) is 6.92 Å². The van der Waals surface area contributed by atoms with Gasteiger partial charge >= 0.3 is 11.7 Å². The van der Waals surface area contributed by atoms with Crippen molar-refractivity contribution >= 4 is 23.8 Å². The van der Waals surface area contributed by atoms with E-state index in [1.807, 2.05) is 54.6 Å². The Balaban J connectivity index is 2.01. The van der Waals surface area contributed by atoms with Gasteiger partial charge in [-0.15, -0.1) is 0 Å². The average Bonchev–Trinajstić information content (AvgIpc) is 3.15. The Labute approximate surface area is 177 Å². The number of esters is 1. The second-order valence-electron chi connectivity index (χ2n) is 6.64. The molecule has 0 saturated carbocycles. The number of carbonyl (C=O) groups excluding carboxylic acids is 1. The minimum atomic E-state index is -0.568. The molecule has 0 atom stereocenters. The molecular formula is C22H20N4O3S. The van der Waals surface area contributed by atoms with Crippen molar-refractivity contribution in [1.29, 1.82) is 0 Å². The Hall–Kier alpha value is -3.52. The summed E-state index contributed by atoms with van der Waals surface area (Å²) in [6, 6.07) is 16.8. The van der Waals surface area contributed by atoms with Crippen molar-refractivity contribution < 1.29 is 9.53 Å². The van der Waals surface area contributed by atoms with Gasteiger partial charge in [0.2, 0.25) is 4.77 Å². The Bertz CT molecular complexity index is 1340. The molecule has 0 spiro atoms. The number of aryl methyl sites for hydroxylation is 1. The summed E-state index contributed by atoms with van der Waals surface area (Å²) in [6.07, 6.45) is 0.892. The number of aromatic nitrogens is 4. The molecule has 2 heterocycles. The fourth-order valence-electron chi connectivity index (χ4n) is 3.31. The monoisotopic (exact) mass is 420 g/mol. The number of fused-ring (bicyclic) bond motifs is 1. The SMILES string of the molecule is CCOC(=O)c1c(-c2ccccc2)nn2c(=S)n(-c3ccc(CC)cc3)c(=O)[nH]c12. The van der Waals surface area contributed by atoms with Gasteiger partial charge in [0.1, 0.15) is 11.3 Å². The van der Waals surface area contributed by atoms with Crippen molar-refractivity contribution in [2.24, 2.45) is 0 Å². The highest BCUT2D eigenvalue weighted by molar-refractivity contribution is 7.71. The van der Waals surface area contributed by atoms with Gasteiger partial charge in [0.25, 0.3) is 0 Å². The highest BCUT2D eigenvalue weighted by Gasteiger charge is 2.24. The van der Waals surface area contributed by atoms with E-state index in [0.717, 1.165) is 17.5 Å². The molecule has 0 unspecified atom stereocenters. The molecule has 0 bridgehead atoms. The highest BCUT2D eigenvalue weighted by atomic mass is 32.1. The van der Waals surface area contributed by atoms with Crippen LogP contribution in [0.15, 0.2) is 59.4 Å². The highest BCUT2D eigenvalue weighted by Crippen LogP contribution is 2.26.